The van der Waals surface area contributed by atoms with Gasteiger partial charge in [-0.05, 0) is 52.1 Å². The first-order valence-electron chi connectivity index (χ1n) is 11.7. The highest BCUT2D eigenvalue weighted by Gasteiger charge is 2.34. The predicted molar refractivity (Wildman–Crippen MR) is 139 cm³/mol. The summed E-state index contributed by atoms with van der Waals surface area (Å²) < 4.78 is 0. The molecule has 0 aliphatic carbocycles. The molecule has 0 bridgehead atoms. The number of carbonyl (C=O) groups is 2. The predicted octanol–water partition coefficient (Wildman–Crippen LogP) is 5.85. The lowest BCUT2D eigenvalue weighted by Crippen LogP contribution is -2.46. The molecule has 2 heterocycles. The summed E-state index contributed by atoms with van der Waals surface area (Å²) in [6, 6.07) is 19.7. The van der Waals surface area contributed by atoms with Gasteiger partial charge in [0.05, 0.1) is 6.04 Å². The minimum atomic E-state index is -0.159. The Labute approximate surface area is 206 Å². The Morgan fingerprint density at radius 2 is 1.79 bits per heavy atom. The molecule has 0 saturated heterocycles. The number of hydrogen-bond donors (Lipinski definition) is 0. The van der Waals surface area contributed by atoms with Crippen LogP contribution in [0.5, 0.6) is 0 Å². The molecule has 1 unspecified atom stereocenters. The largest absolute Gasteiger partial charge is 0.330 e. The zero-order valence-corrected chi connectivity index (χ0v) is 21.0. The number of fused-ring (bicyclic) bond motifs is 1. The number of thiophene rings is 1. The minimum Gasteiger partial charge on any atom is -0.330 e. The third-order valence-electron chi connectivity index (χ3n) is 6.36. The summed E-state index contributed by atoms with van der Waals surface area (Å²) in [5.41, 5.74) is 4.20. The molecule has 5 heteroatoms. The zero-order chi connectivity index (χ0) is 24.3. The summed E-state index contributed by atoms with van der Waals surface area (Å²) in [7, 11) is 0. The van der Waals surface area contributed by atoms with Gasteiger partial charge >= 0.3 is 0 Å². The summed E-state index contributed by atoms with van der Waals surface area (Å²) in [6.07, 6.45) is 2.51. The third-order valence-corrected chi connectivity index (χ3v) is 7.36. The van der Waals surface area contributed by atoms with Crippen LogP contribution < -0.4 is 0 Å². The van der Waals surface area contributed by atoms with Crippen molar-refractivity contribution in [2.45, 2.75) is 38.6 Å². The smallest absolute Gasteiger partial charge is 0.254 e. The Bertz CT molecular complexity index is 1160. The van der Waals surface area contributed by atoms with Crippen molar-refractivity contribution in [3.05, 3.63) is 106 Å². The summed E-state index contributed by atoms with van der Waals surface area (Å²) in [4.78, 5) is 31.6. The van der Waals surface area contributed by atoms with Gasteiger partial charge in [-0.2, -0.15) is 0 Å². The minimum absolute atomic E-state index is 0.0236. The van der Waals surface area contributed by atoms with Gasteiger partial charge < -0.3 is 9.80 Å². The molecule has 0 spiro atoms. The summed E-state index contributed by atoms with van der Waals surface area (Å²) in [5.74, 6) is -0.207. The molecule has 3 aromatic rings. The van der Waals surface area contributed by atoms with Crippen LogP contribution in [0.3, 0.4) is 0 Å². The summed E-state index contributed by atoms with van der Waals surface area (Å²) in [5, 5.41) is 2.11. The van der Waals surface area contributed by atoms with Crippen LogP contribution in [0.2, 0.25) is 0 Å². The highest BCUT2D eigenvalue weighted by atomic mass is 32.1. The fourth-order valence-electron chi connectivity index (χ4n) is 4.50. The molecule has 1 atom stereocenters. The summed E-state index contributed by atoms with van der Waals surface area (Å²) >= 11 is 1.75. The van der Waals surface area contributed by atoms with Gasteiger partial charge in [0.2, 0.25) is 5.91 Å². The second-order valence-corrected chi connectivity index (χ2v) is 10.8. The molecule has 2 aromatic carbocycles. The van der Waals surface area contributed by atoms with E-state index in [9.17, 15) is 9.59 Å². The van der Waals surface area contributed by atoms with Crippen LogP contribution >= 0.6 is 11.3 Å². The Morgan fingerprint density at radius 3 is 2.44 bits per heavy atom. The van der Waals surface area contributed by atoms with Crippen LogP contribution in [-0.4, -0.2) is 41.2 Å². The van der Waals surface area contributed by atoms with E-state index in [2.05, 4.69) is 63.1 Å². The molecule has 0 fully saturated rings. The molecular weight excluding hydrogens is 440 g/mol. The Kier molecular flexibility index (Phi) is 7.03. The van der Waals surface area contributed by atoms with Crippen molar-refractivity contribution in [3.63, 3.8) is 0 Å². The maximum Gasteiger partial charge on any atom is 0.254 e. The average molecular weight is 473 g/mol. The van der Waals surface area contributed by atoms with Gasteiger partial charge in [-0.25, -0.2) is 0 Å². The number of hydrogen-bond acceptors (Lipinski definition) is 3. The first kappa shape index (κ1) is 24.0. The lowest BCUT2D eigenvalue weighted by molar-refractivity contribution is -0.133. The van der Waals surface area contributed by atoms with Crippen LogP contribution in [0.1, 0.15) is 58.7 Å². The van der Waals surface area contributed by atoms with Crippen LogP contribution in [0.15, 0.2) is 78.7 Å². The molecule has 4 rings (SSSR count). The molecule has 1 aliphatic heterocycles. The van der Waals surface area contributed by atoms with Crippen molar-refractivity contribution in [3.8, 4) is 0 Å². The average Bonchev–Trinajstić information content (AvgIpc) is 3.31. The van der Waals surface area contributed by atoms with Crippen molar-refractivity contribution >= 4 is 23.2 Å². The highest BCUT2D eigenvalue weighted by molar-refractivity contribution is 7.10. The van der Waals surface area contributed by atoms with E-state index in [0.29, 0.717) is 18.7 Å². The van der Waals surface area contributed by atoms with E-state index in [1.54, 1.807) is 34.4 Å². The van der Waals surface area contributed by atoms with E-state index in [1.165, 1.54) is 16.0 Å². The van der Waals surface area contributed by atoms with Crippen LogP contribution in [0.4, 0.5) is 0 Å². The molecule has 176 valence electrons. The number of benzene rings is 2. The lowest BCUT2D eigenvalue weighted by Gasteiger charge is -2.37. The molecule has 0 radical (unpaired) electrons. The molecule has 4 nitrogen and oxygen atoms in total. The first-order chi connectivity index (χ1) is 16.3. The number of rotatable bonds is 6. The van der Waals surface area contributed by atoms with Crippen molar-refractivity contribution in [1.82, 2.24) is 9.80 Å². The first-order valence-corrected chi connectivity index (χ1v) is 12.6. The second kappa shape index (κ2) is 9.98. The van der Waals surface area contributed by atoms with Crippen molar-refractivity contribution < 1.29 is 9.59 Å². The monoisotopic (exact) mass is 472 g/mol. The van der Waals surface area contributed by atoms with Gasteiger partial charge in [0.1, 0.15) is 6.54 Å². The van der Waals surface area contributed by atoms with Crippen LogP contribution in [0.25, 0.3) is 0 Å². The highest BCUT2D eigenvalue weighted by Crippen LogP contribution is 2.38. The topological polar surface area (TPSA) is 40.6 Å². The molecular formula is C29H32N2O2S. The molecule has 0 saturated carbocycles. The van der Waals surface area contributed by atoms with Gasteiger partial charge in [0.25, 0.3) is 5.91 Å². The number of carbonyl (C=O) groups excluding carboxylic acids is 2. The van der Waals surface area contributed by atoms with Crippen molar-refractivity contribution in [2.75, 3.05) is 19.6 Å². The standard InChI is InChI=1S/C29H32N2O2S/c1-5-17-30(28(33)22-9-7-6-8-10-22)20-26(32)31-18-15-25-24(16-19-34-25)27(31)21-11-13-23(14-12-21)29(2,3)4/h5-14,16,19,27H,1,15,17-18,20H2,2-4H3. The second-order valence-electron chi connectivity index (χ2n) is 9.75. The van der Waals surface area contributed by atoms with Crippen LogP contribution in [0, 0.1) is 0 Å². The third kappa shape index (κ3) is 5.00. The zero-order valence-electron chi connectivity index (χ0n) is 20.2. The van der Waals surface area contributed by atoms with Gasteiger partial charge in [-0.3, -0.25) is 9.59 Å². The number of nitrogens with zero attached hydrogens (tertiary/aromatic N) is 2. The fourth-order valence-corrected chi connectivity index (χ4v) is 5.41. The van der Waals surface area contributed by atoms with E-state index in [-0.39, 0.29) is 29.8 Å². The maximum atomic E-state index is 13.7. The Balaban J connectivity index is 1.62. The van der Waals surface area contributed by atoms with Gasteiger partial charge in [0, 0.05) is 23.5 Å². The van der Waals surface area contributed by atoms with Gasteiger partial charge in [0.15, 0.2) is 0 Å². The van der Waals surface area contributed by atoms with Gasteiger partial charge in [-0.15, -0.1) is 17.9 Å². The quantitative estimate of drug-likeness (QED) is 0.422. The molecule has 2 amide bonds. The molecule has 34 heavy (non-hydrogen) atoms. The molecule has 0 N–H and O–H groups in total. The molecule has 1 aliphatic rings. The van der Waals surface area contributed by atoms with E-state index in [4.69, 9.17) is 0 Å². The summed E-state index contributed by atoms with van der Waals surface area (Å²) in [6.45, 7) is 11.4. The Morgan fingerprint density at radius 1 is 1.09 bits per heavy atom. The molecule has 1 aromatic heterocycles. The lowest BCUT2D eigenvalue weighted by atomic mass is 9.85. The fraction of sp³-hybridized carbons (Fsp3) is 0.310. The normalized spacial score (nSPS) is 15.5. The number of amides is 2. The van der Waals surface area contributed by atoms with Crippen molar-refractivity contribution in [2.24, 2.45) is 0 Å². The Hall–Kier alpha value is -3.18. The van der Waals surface area contributed by atoms with Crippen LogP contribution in [-0.2, 0) is 16.6 Å². The van der Waals surface area contributed by atoms with E-state index in [0.717, 1.165) is 12.0 Å². The van der Waals surface area contributed by atoms with E-state index in [1.807, 2.05) is 23.1 Å². The van der Waals surface area contributed by atoms with E-state index >= 15 is 0 Å². The SMILES string of the molecule is C=CCN(CC(=O)N1CCc2sccc2C1c1ccc(C(C)(C)C)cc1)C(=O)c1ccccc1. The maximum absolute atomic E-state index is 13.7. The van der Waals surface area contributed by atoms with Crippen molar-refractivity contribution in [1.29, 1.82) is 0 Å². The van der Waals surface area contributed by atoms with Gasteiger partial charge in [-0.1, -0.05) is 69.3 Å². The van der Waals surface area contributed by atoms with E-state index < -0.39 is 0 Å².